The maximum Gasteiger partial charge on any atom is 0.155 e. The second-order valence-electron chi connectivity index (χ2n) is 5.92. The quantitative estimate of drug-likeness (QED) is 0.765. The largest absolute Gasteiger partial charge is 0.381 e. The molecule has 0 bridgehead atoms. The van der Waals surface area contributed by atoms with E-state index in [4.69, 9.17) is 4.74 Å². The summed E-state index contributed by atoms with van der Waals surface area (Å²) in [7, 11) is -3.00. The molecule has 0 aromatic rings. The molecule has 17 heavy (non-hydrogen) atoms. The van der Waals surface area contributed by atoms with Gasteiger partial charge in [-0.15, -0.1) is 0 Å². The fourth-order valence-electron chi connectivity index (χ4n) is 1.98. The van der Waals surface area contributed by atoms with E-state index in [1.165, 1.54) is 0 Å². The first-order chi connectivity index (χ1) is 7.77. The van der Waals surface area contributed by atoms with E-state index in [1.54, 1.807) is 0 Å². The van der Waals surface area contributed by atoms with Crippen LogP contribution in [-0.4, -0.2) is 32.1 Å². The van der Waals surface area contributed by atoms with Gasteiger partial charge in [-0.25, -0.2) is 8.42 Å². The molecule has 0 unspecified atom stereocenters. The van der Waals surface area contributed by atoms with Gasteiger partial charge in [0.1, 0.15) is 0 Å². The van der Waals surface area contributed by atoms with Gasteiger partial charge < -0.3 is 4.74 Å². The third kappa shape index (κ3) is 3.68. The van der Waals surface area contributed by atoms with Crippen LogP contribution in [0, 0.1) is 11.8 Å². The number of ether oxygens (including phenoxy) is 1. The van der Waals surface area contributed by atoms with Gasteiger partial charge in [0, 0.05) is 13.2 Å². The highest BCUT2D eigenvalue weighted by Crippen LogP contribution is 2.29. The van der Waals surface area contributed by atoms with Crippen molar-refractivity contribution < 1.29 is 13.2 Å². The summed E-state index contributed by atoms with van der Waals surface area (Å²) in [5, 5.41) is 0. The van der Waals surface area contributed by atoms with E-state index in [2.05, 4.69) is 0 Å². The molecule has 0 aliphatic carbocycles. The first-order valence-corrected chi connectivity index (χ1v) is 8.22. The van der Waals surface area contributed by atoms with Gasteiger partial charge in [-0.2, -0.15) is 0 Å². The standard InChI is InChI=1S/C13H26O3S/c1-11(2)13(3,4)17(14,15)10-7-12-5-8-16-9-6-12/h11-12H,5-10H2,1-4H3. The Bertz CT molecular complexity index is 325. The Kier molecular flexibility index (Phi) is 5.02. The summed E-state index contributed by atoms with van der Waals surface area (Å²) in [6.07, 6.45) is 2.82. The van der Waals surface area contributed by atoms with E-state index in [-0.39, 0.29) is 5.92 Å². The molecule has 0 saturated carbocycles. The van der Waals surface area contributed by atoms with Gasteiger partial charge in [0.2, 0.25) is 0 Å². The molecule has 0 N–H and O–H groups in total. The highest BCUT2D eigenvalue weighted by atomic mass is 32.2. The van der Waals surface area contributed by atoms with Crippen LogP contribution in [0.15, 0.2) is 0 Å². The average molecular weight is 262 g/mol. The molecule has 1 fully saturated rings. The zero-order chi connectivity index (χ0) is 13.1. The number of hydrogen-bond donors (Lipinski definition) is 0. The minimum Gasteiger partial charge on any atom is -0.381 e. The average Bonchev–Trinajstić information content (AvgIpc) is 2.27. The van der Waals surface area contributed by atoms with Crippen LogP contribution >= 0.6 is 0 Å². The lowest BCUT2D eigenvalue weighted by molar-refractivity contribution is 0.0655. The van der Waals surface area contributed by atoms with Gasteiger partial charge in [0.25, 0.3) is 0 Å². The van der Waals surface area contributed by atoms with Crippen LogP contribution in [0.5, 0.6) is 0 Å². The lowest BCUT2D eigenvalue weighted by atomic mass is 9.98. The summed E-state index contributed by atoms with van der Waals surface area (Å²) in [5.74, 6) is 1.01. The Balaban J connectivity index is 2.55. The summed E-state index contributed by atoms with van der Waals surface area (Å²) in [6.45, 7) is 9.22. The van der Waals surface area contributed by atoms with E-state index >= 15 is 0 Å². The van der Waals surface area contributed by atoms with Crippen molar-refractivity contribution in [1.29, 1.82) is 0 Å². The second-order valence-corrected chi connectivity index (χ2v) is 8.61. The van der Waals surface area contributed by atoms with Gasteiger partial charge in [-0.1, -0.05) is 13.8 Å². The van der Waals surface area contributed by atoms with E-state index in [0.717, 1.165) is 32.5 Å². The van der Waals surface area contributed by atoms with Gasteiger partial charge in [0.15, 0.2) is 9.84 Å². The van der Waals surface area contributed by atoms with Crippen LogP contribution in [0.4, 0.5) is 0 Å². The Morgan fingerprint density at radius 3 is 2.24 bits per heavy atom. The highest BCUT2D eigenvalue weighted by molar-refractivity contribution is 7.92. The molecular weight excluding hydrogens is 236 g/mol. The van der Waals surface area contributed by atoms with Crippen molar-refractivity contribution in [2.24, 2.45) is 11.8 Å². The Morgan fingerprint density at radius 2 is 1.76 bits per heavy atom. The minimum absolute atomic E-state index is 0.155. The van der Waals surface area contributed by atoms with Gasteiger partial charge in [0.05, 0.1) is 10.5 Å². The molecule has 1 aliphatic heterocycles. The van der Waals surface area contributed by atoms with Crippen LogP contribution in [0.2, 0.25) is 0 Å². The van der Waals surface area contributed by atoms with Crippen LogP contribution in [0.1, 0.15) is 47.0 Å². The summed E-state index contributed by atoms with van der Waals surface area (Å²) < 4.78 is 29.3. The predicted molar refractivity (Wildman–Crippen MR) is 70.9 cm³/mol. The van der Waals surface area contributed by atoms with Crippen LogP contribution < -0.4 is 0 Å². The number of sulfone groups is 1. The van der Waals surface area contributed by atoms with Crippen molar-refractivity contribution in [3.63, 3.8) is 0 Å². The fourth-order valence-corrected chi connectivity index (χ4v) is 3.87. The lowest BCUT2D eigenvalue weighted by Crippen LogP contribution is -2.39. The van der Waals surface area contributed by atoms with Crippen molar-refractivity contribution in [3.8, 4) is 0 Å². The molecule has 4 heteroatoms. The third-order valence-corrected chi connectivity index (χ3v) is 7.18. The Hall–Kier alpha value is -0.0900. The lowest BCUT2D eigenvalue weighted by Gasteiger charge is -2.30. The molecule has 0 aromatic heterocycles. The minimum atomic E-state index is -3.00. The van der Waals surface area contributed by atoms with Crippen LogP contribution in [-0.2, 0) is 14.6 Å². The van der Waals surface area contributed by atoms with Gasteiger partial charge >= 0.3 is 0 Å². The molecule has 1 saturated heterocycles. The van der Waals surface area contributed by atoms with E-state index < -0.39 is 14.6 Å². The van der Waals surface area contributed by atoms with E-state index in [1.807, 2.05) is 27.7 Å². The van der Waals surface area contributed by atoms with Crippen molar-refractivity contribution in [3.05, 3.63) is 0 Å². The Labute approximate surface area is 106 Å². The van der Waals surface area contributed by atoms with Crippen molar-refractivity contribution in [2.45, 2.75) is 51.7 Å². The summed E-state index contributed by atoms with van der Waals surface area (Å²) >= 11 is 0. The maximum absolute atomic E-state index is 12.3. The molecule has 1 aliphatic rings. The van der Waals surface area contributed by atoms with Gasteiger partial charge in [-0.05, 0) is 44.9 Å². The molecule has 0 atom stereocenters. The van der Waals surface area contributed by atoms with E-state index in [0.29, 0.717) is 11.7 Å². The zero-order valence-electron chi connectivity index (χ0n) is 11.5. The van der Waals surface area contributed by atoms with Crippen LogP contribution in [0.25, 0.3) is 0 Å². The normalized spacial score (nSPS) is 19.8. The second kappa shape index (κ2) is 5.70. The monoisotopic (exact) mass is 262 g/mol. The molecular formula is C13H26O3S. The number of rotatable bonds is 5. The topological polar surface area (TPSA) is 43.4 Å². The third-order valence-electron chi connectivity index (χ3n) is 4.33. The molecule has 102 valence electrons. The van der Waals surface area contributed by atoms with Crippen LogP contribution in [0.3, 0.4) is 0 Å². The smallest absolute Gasteiger partial charge is 0.155 e. The molecule has 0 radical (unpaired) electrons. The number of hydrogen-bond acceptors (Lipinski definition) is 3. The summed E-state index contributed by atoms with van der Waals surface area (Å²) in [5.41, 5.74) is 0. The SMILES string of the molecule is CC(C)C(C)(C)S(=O)(=O)CCC1CCOCC1. The molecule has 3 nitrogen and oxygen atoms in total. The molecule has 0 amide bonds. The van der Waals surface area contributed by atoms with Crippen molar-refractivity contribution in [1.82, 2.24) is 0 Å². The van der Waals surface area contributed by atoms with Gasteiger partial charge in [-0.3, -0.25) is 0 Å². The maximum atomic E-state index is 12.3. The molecule has 1 heterocycles. The first kappa shape index (κ1) is 15.0. The molecule has 1 rings (SSSR count). The first-order valence-electron chi connectivity index (χ1n) is 6.57. The zero-order valence-corrected chi connectivity index (χ0v) is 12.3. The molecule has 0 spiro atoms. The van der Waals surface area contributed by atoms with Crippen molar-refractivity contribution >= 4 is 9.84 Å². The van der Waals surface area contributed by atoms with Crippen molar-refractivity contribution in [2.75, 3.05) is 19.0 Å². The highest BCUT2D eigenvalue weighted by Gasteiger charge is 2.37. The van der Waals surface area contributed by atoms with E-state index in [9.17, 15) is 8.42 Å². The summed E-state index contributed by atoms with van der Waals surface area (Å²) in [4.78, 5) is 0. The predicted octanol–water partition coefficient (Wildman–Crippen LogP) is 2.65. The Morgan fingerprint density at radius 1 is 1.24 bits per heavy atom. The fraction of sp³-hybridized carbons (Fsp3) is 1.00. The summed E-state index contributed by atoms with van der Waals surface area (Å²) in [6, 6.07) is 0. The molecule has 0 aromatic carbocycles.